The Morgan fingerprint density at radius 2 is 2.03 bits per heavy atom. The highest BCUT2D eigenvalue weighted by molar-refractivity contribution is 6.33. The van der Waals surface area contributed by atoms with Crippen LogP contribution in [0.4, 0.5) is 4.39 Å². The van der Waals surface area contributed by atoms with Crippen LogP contribution in [0.3, 0.4) is 0 Å². The maximum Gasteiger partial charge on any atom is 0.336 e. The summed E-state index contributed by atoms with van der Waals surface area (Å²) in [7, 11) is 0. The van der Waals surface area contributed by atoms with Gasteiger partial charge < -0.3 is 9.15 Å². The van der Waals surface area contributed by atoms with Crippen molar-refractivity contribution in [2.24, 2.45) is 0 Å². The lowest BCUT2D eigenvalue weighted by molar-refractivity contribution is 0.0881. The Morgan fingerprint density at radius 1 is 1.21 bits per heavy atom. The fourth-order valence-corrected chi connectivity index (χ4v) is 4.18. The number of rotatable bonds is 5. The van der Waals surface area contributed by atoms with E-state index in [4.69, 9.17) is 32.4 Å². The molecule has 0 bridgehead atoms. The van der Waals surface area contributed by atoms with Crippen LogP contribution in [0.5, 0.6) is 5.75 Å². The molecule has 1 aliphatic heterocycles. The van der Waals surface area contributed by atoms with Crippen LogP contribution in [-0.2, 0) is 19.5 Å². The van der Waals surface area contributed by atoms with Gasteiger partial charge in [-0.1, -0.05) is 42.6 Å². The third kappa shape index (κ3) is 4.00. The number of unbranched alkanes of at least 4 members (excludes halogenated alkanes) is 1. The summed E-state index contributed by atoms with van der Waals surface area (Å²) in [5.41, 5.74) is 2.09. The van der Waals surface area contributed by atoms with Crippen molar-refractivity contribution >= 4 is 34.2 Å². The van der Waals surface area contributed by atoms with Crippen LogP contribution in [-0.4, -0.2) is 11.6 Å². The lowest BCUT2D eigenvalue weighted by Gasteiger charge is -2.30. The van der Waals surface area contributed by atoms with E-state index in [-0.39, 0.29) is 19.1 Å². The Kier molecular flexibility index (Phi) is 5.81. The van der Waals surface area contributed by atoms with E-state index in [1.165, 1.54) is 12.1 Å². The van der Waals surface area contributed by atoms with E-state index in [2.05, 4.69) is 6.92 Å². The fraction of sp³-hybridized carbons (Fsp3) is 0.318. The van der Waals surface area contributed by atoms with E-state index in [9.17, 15) is 9.18 Å². The summed E-state index contributed by atoms with van der Waals surface area (Å²) < 4.78 is 25.6. The van der Waals surface area contributed by atoms with Gasteiger partial charge in [0.25, 0.3) is 0 Å². The number of fused-ring (bicyclic) bond motifs is 3. The average molecular weight is 436 g/mol. The molecule has 0 atom stereocenters. The zero-order valence-electron chi connectivity index (χ0n) is 15.9. The van der Waals surface area contributed by atoms with Crippen molar-refractivity contribution in [1.29, 1.82) is 0 Å². The van der Waals surface area contributed by atoms with Gasteiger partial charge in [-0.2, -0.15) is 0 Å². The summed E-state index contributed by atoms with van der Waals surface area (Å²) in [6.45, 7) is 2.99. The third-order valence-electron chi connectivity index (χ3n) is 5.14. The first-order valence-electron chi connectivity index (χ1n) is 9.54. The van der Waals surface area contributed by atoms with Gasteiger partial charge in [0.15, 0.2) is 0 Å². The lowest BCUT2D eigenvalue weighted by atomic mass is 10.0. The van der Waals surface area contributed by atoms with E-state index < -0.39 is 5.63 Å². The second-order valence-corrected chi connectivity index (χ2v) is 8.01. The zero-order valence-corrected chi connectivity index (χ0v) is 17.4. The van der Waals surface area contributed by atoms with Gasteiger partial charge in [-0.25, -0.2) is 9.18 Å². The molecule has 3 aromatic rings. The van der Waals surface area contributed by atoms with E-state index >= 15 is 0 Å². The molecule has 0 spiro atoms. The molecule has 2 aromatic carbocycles. The molecular weight excluding hydrogens is 416 g/mol. The van der Waals surface area contributed by atoms with Crippen LogP contribution in [0.15, 0.2) is 39.5 Å². The molecule has 4 rings (SSSR count). The van der Waals surface area contributed by atoms with E-state index in [1.807, 2.05) is 4.90 Å². The Labute approximate surface area is 177 Å². The van der Waals surface area contributed by atoms with Crippen molar-refractivity contribution in [3.8, 4) is 5.75 Å². The minimum absolute atomic E-state index is 0.225. The molecule has 2 heterocycles. The van der Waals surface area contributed by atoms with Crippen LogP contribution < -0.4 is 10.4 Å². The quantitative estimate of drug-likeness (QED) is 0.465. The van der Waals surface area contributed by atoms with Gasteiger partial charge in [0, 0.05) is 35.1 Å². The molecule has 1 aliphatic rings. The molecule has 152 valence electrons. The van der Waals surface area contributed by atoms with Gasteiger partial charge in [0.05, 0.1) is 10.6 Å². The minimum Gasteiger partial charge on any atom is -0.476 e. The molecule has 0 fully saturated rings. The first-order valence-corrected chi connectivity index (χ1v) is 10.3. The third-order valence-corrected chi connectivity index (χ3v) is 5.77. The molecule has 4 nitrogen and oxygen atoms in total. The second-order valence-electron chi connectivity index (χ2n) is 7.20. The highest BCUT2D eigenvalue weighted by Gasteiger charge is 2.26. The number of benzene rings is 2. The predicted molar refractivity (Wildman–Crippen MR) is 112 cm³/mol. The maximum atomic E-state index is 14.2. The molecule has 7 heteroatoms. The Hall–Kier alpha value is -2.08. The van der Waals surface area contributed by atoms with Crippen molar-refractivity contribution in [3.63, 3.8) is 0 Å². The van der Waals surface area contributed by atoms with Crippen molar-refractivity contribution in [1.82, 2.24) is 4.90 Å². The van der Waals surface area contributed by atoms with E-state index in [1.54, 1.807) is 18.2 Å². The summed E-state index contributed by atoms with van der Waals surface area (Å²) >= 11 is 12.7. The smallest absolute Gasteiger partial charge is 0.336 e. The van der Waals surface area contributed by atoms with Gasteiger partial charge in [-0.15, -0.1) is 0 Å². The van der Waals surface area contributed by atoms with Crippen molar-refractivity contribution in [3.05, 3.63) is 73.3 Å². The van der Waals surface area contributed by atoms with Gasteiger partial charge >= 0.3 is 5.63 Å². The molecule has 1 aromatic heterocycles. The van der Waals surface area contributed by atoms with Crippen LogP contribution in [0.25, 0.3) is 11.0 Å². The fourth-order valence-electron chi connectivity index (χ4n) is 3.68. The Morgan fingerprint density at radius 3 is 2.79 bits per heavy atom. The number of aryl methyl sites for hydroxylation is 1. The summed E-state index contributed by atoms with van der Waals surface area (Å²) in [6, 6.07) is 7.94. The van der Waals surface area contributed by atoms with Gasteiger partial charge in [-0.3, -0.25) is 4.90 Å². The number of nitrogens with zero attached hydrogens (tertiary/aromatic N) is 1. The van der Waals surface area contributed by atoms with E-state index in [0.29, 0.717) is 39.0 Å². The normalized spacial score (nSPS) is 14.1. The van der Waals surface area contributed by atoms with Crippen molar-refractivity contribution in [2.45, 2.75) is 39.3 Å². The number of ether oxygens (including phenoxy) is 1. The molecular formula is C22H20Cl2FNO3. The summed E-state index contributed by atoms with van der Waals surface area (Å²) in [6.07, 6.45) is 2.74. The molecule has 0 saturated heterocycles. The summed E-state index contributed by atoms with van der Waals surface area (Å²) in [5.74, 6) is 0.137. The summed E-state index contributed by atoms with van der Waals surface area (Å²) in [4.78, 5) is 14.1. The van der Waals surface area contributed by atoms with Crippen molar-refractivity contribution in [2.75, 3.05) is 6.73 Å². The van der Waals surface area contributed by atoms with Crippen LogP contribution in [0, 0.1) is 5.82 Å². The first kappa shape index (κ1) is 20.2. The van der Waals surface area contributed by atoms with Crippen LogP contribution in [0.2, 0.25) is 10.0 Å². The topological polar surface area (TPSA) is 42.7 Å². The van der Waals surface area contributed by atoms with Crippen LogP contribution >= 0.6 is 23.2 Å². The molecule has 0 radical (unpaired) electrons. The minimum atomic E-state index is -0.401. The van der Waals surface area contributed by atoms with E-state index in [0.717, 1.165) is 30.2 Å². The van der Waals surface area contributed by atoms with Gasteiger partial charge in [-0.05, 0) is 36.6 Å². The molecule has 0 N–H and O–H groups in total. The molecule has 0 saturated carbocycles. The summed E-state index contributed by atoms with van der Waals surface area (Å²) in [5, 5.41) is 1.65. The standard InChI is InChI=1S/C22H20Cl2FNO3/c1-2-3-5-13-8-20(27)29-21-14(13)9-18(24)22-16(21)11-26(12-28-22)10-15-17(23)6-4-7-19(15)25/h4,6-9H,2-3,5,10-12H2,1H3. The number of hydrogen-bond donors (Lipinski definition) is 0. The molecule has 0 amide bonds. The predicted octanol–water partition coefficient (Wildman–Crippen LogP) is 5.93. The molecule has 0 aliphatic carbocycles. The van der Waals surface area contributed by atoms with Crippen LogP contribution in [0.1, 0.15) is 36.5 Å². The number of halogens is 3. The lowest BCUT2D eigenvalue weighted by Crippen LogP contribution is -2.32. The highest BCUT2D eigenvalue weighted by Crippen LogP contribution is 2.40. The highest BCUT2D eigenvalue weighted by atomic mass is 35.5. The van der Waals surface area contributed by atoms with Crippen molar-refractivity contribution < 1.29 is 13.5 Å². The number of hydrogen-bond acceptors (Lipinski definition) is 4. The molecule has 29 heavy (non-hydrogen) atoms. The largest absolute Gasteiger partial charge is 0.476 e. The Balaban J connectivity index is 1.75. The SMILES string of the molecule is CCCCc1cc(=O)oc2c3c(c(Cl)cc12)OCN(Cc1c(F)cccc1Cl)C3. The first-order chi connectivity index (χ1) is 14.0. The Bertz CT molecular complexity index is 1110. The monoisotopic (exact) mass is 435 g/mol. The molecule has 0 unspecified atom stereocenters. The maximum absolute atomic E-state index is 14.2. The zero-order chi connectivity index (χ0) is 20.5. The van der Waals surface area contributed by atoms with Gasteiger partial charge in [0.2, 0.25) is 0 Å². The average Bonchev–Trinajstić information content (AvgIpc) is 2.70. The second kappa shape index (κ2) is 8.34. The van der Waals surface area contributed by atoms with Gasteiger partial charge in [0.1, 0.15) is 23.9 Å².